The number of methoxy groups -OCH3 is 1. The molecule has 1 aromatic heterocycles. The quantitative estimate of drug-likeness (QED) is 0.779. The monoisotopic (exact) mass is 244 g/mol. The van der Waals surface area contributed by atoms with Crippen molar-refractivity contribution in [2.75, 3.05) is 12.4 Å². The maximum atomic E-state index is 5.07. The van der Waals surface area contributed by atoms with Gasteiger partial charge in [-0.1, -0.05) is 11.3 Å². The van der Waals surface area contributed by atoms with E-state index in [1.807, 2.05) is 13.8 Å². The molecule has 0 atom stereocenters. The lowest BCUT2D eigenvalue weighted by atomic mass is 10.4. The lowest BCUT2D eigenvalue weighted by Crippen LogP contribution is -2.30. The van der Waals surface area contributed by atoms with Crippen LogP contribution in [0.25, 0.3) is 0 Å². The highest BCUT2D eigenvalue weighted by Gasteiger charge is 2.19. The van der Waals surface area contributed by atoms with Crippen molar-refractivity contribution in [2.45, 2.75) is 24.1 Å². The van der Waals surface area contributed by atoms with Crippen LogP contribution in [0.5, 0.6) is 5.19 Å². The summed E-state index contributed by atoms with van der Waals surface area (Å²) in [7, 11) is 1.62. The number of hydrogen-bond donors (Lipinski definition) is 2. The van der Waals surface area contributed by atoms with Crippen LogP contribution >= 0.6 is 23.3 Å². The minimum Gasteiger partial charge on any atom is -0.473 e. The SMILES string of the molecule is COc1nc2c(s1)SNC(=NC(C)C)N2. The summed E-state index contributed by atoms with van der Waals surface area (Å²) in [6.07, 6.45) is 0. The van der Waals surface area contributed by atoms with Crippen LogP contribution < -0.4 is 14.8 Å². The molecule has 15 heavy (non-hydrogen) atoms. The molecule has 1 aliphatic heterocycles. The van der Waals surface area contributed by atoms with Crippen molar-refractivity contribution in [2.24, 2.45) is 4.99 Å². The number of fused-ring (bicyclic) bond motifs is 1. The number of aliphatic imine (C=N–C) groups is 1. The molecule has 0 unspecified atom stereocenters. The number of aromatic nitrogens is 1. The Balaban J connectivity index is 2.19. The van der Waals surface area contributed by atoms with E-state index in [-0.39, 0.29) is 6.04 Å². The van der Waals surface area contributed by atoms with Gasteiger partial charge in [-0.15, -0.1) is 0 Å². The van der Waals surface area contributed by atoms with Crippen LogP contribution in [-0.2, 0) is 0 Å². The minimum atomic E-state index is 0.252. The second kappa shape index (κ2) is 4.28. The Morgan fingerprint density at radius 2 is 2.27 bits per heavy atom. The van der Waals surface area contributed by atoms with Crippen molar-refractivity contribution in [3.63, 3.8) is 0 Å². The molecule has 7 heteroatoms. The number of nitrogens with one attached hydrogen (secondary N) is 2. The van der Waals surface area contributed by atoms with Gasteiger partial charge in [0, 0.05) is 18.0 Å². The largest absolute Gasteiger partial charge is 0.473 e. The van der Waals surface area contributed by atoms with Crippen LogP contribution in [0.3, 0.4) is 0 Å². The smallest absolute Gasteiger partial charge is 0.276 e. The molecule has 0 amide bonds. The number of ether oxygens (including phenoxy) is 1. The normalized spacial score (nSPS) is 17.2. The van der Waals surface area contributed by atoms with Gasteiger partial charge in [0.1, 0.15) is 4.21 Å². The molecule has 82 valence electrons. The van der Waals surface area contributed by atoms with Crippen molar-refractivity contribution in [1.29, 1.82) is 0 Å². The molecule has 0 saturated heterocycles. The third-order valence-corrected chi connectivity index (χ3v) is 3.60. The first kappa shape index (κ1) is 10.6. The van der Waals surface area contributed by atoms with E-state index in [2.05, 4.69) is 20.0 Å². The van der Waals surface area contributed by atoms with Gasteiger partial charge in [0.25, 0.3) is 5.19 Å². The molecule has 1 aromatic rings. The van der Waals surface area contributed by atoms with Gasteiger partial charge in [0.05, 0.1) is 7.11 Å². The second-order valence-corrected chi connectivity index (χ2v) is 5.26. The van der Waals surface area contributed by atoms with Crippen molar-refractivity contribution in [3.05, 3.63) is 0 Å². The lowest BCUT2D eigenvalue weighted by molar-refractivity contribution is 0.412. The van der Waals surface area contributed by atoms with E-state index in [0.29, 0.717) is 5.19 Å². The molecule has 0 radical (unpaired) electrons. The number of rotatable bonds is 2. The van der Waals surface area contributed by atoms with E-state index < -0.39 is 0 Å². The first-order valence-corrected chi connectivity index (χ1v) is 6.15. The van der Waals surface area contributed by atoms with Gasteiger partial charge in [-0.3, -0.25) is 4.72 Å². The van der Waals surface area contributed by atoms with Gasteiger partial charge in [-0.05, 0) is 13.8 Å². The van der Waals surface area contributed by atoms with E-state index in [9.17, 15) is 0 Å². The highest BCUT2D eigenvalue weighted by atomic mass is 32.2. The Morgan fingerprint density at radius 3 is 2.93 bits per heavy atom. The molecule has 0 aliphatic carbocycles. The molecular formula is C8H12N4OS2. The average molecular weight is 244 g/mol. The fourth-order valence-corrected chi connectivity index (χ4v) is 2.64. The number of nitrogens with zero attached hydrogens (tertiary/aromatic N) is 2. The number of guanidine groups is 1. The van der Waals surface area contributed by atoms with Gasteiger partial charge >= 0.3 is 0 Å². The highest BCUT2D eigenvalue weighted by molar-refractivity contribution is 8.00. The zero-order valence-corrected chi connectivity index (χ0v) is 10.3. The predicted molar refractivity (Wildman–Crippen MR) is 63.9 cm³/mol. The fraction of sp³-hybridized carbons (Fsp3) is 0.500. The van der Waals surface area contributed by atoms with Crippen molar-refractivity contribution in [3.8, 4) is 5.19 Å². The molecule has 0 bridgehead atoms. The fourth-order valence-electron chi connectivity index (χ4n) is 1.07. The van der Waals surface area contributed by atoms with Crippen molar-refractivity contribution >= 4 is 35.1 Å². The number of anilines is 1. The molecule has 5 nitrogen and oxygen atoms in total. The van der Waals surface area contributed by atoms with Crippen LogP contribution in [0, 0.1) is 0 Å². The van der Waals surface area contributed by atoms with E-state index >= 15 is 0 Å². The summed E-state index contributed by atoms with van der Waals surface area (Å²) in [5, 5.41) is 3.78. The van der Waals surface area contributed by atoms with Crippen LogP contribution in [-0.4, -0.2) is 24.1 Å². The van der Waals surface area contributed by atoms with Gasteiger partial charge in [0.15, 0.2) is 5.82 Å². The Morgan fingerprint density at radius 1 is 1.47 bits per heavy atom. The molecule has 2 heterocycles. The first-order chi connectivity index (χ1) is 7.19. The Labute approximate surface area is 96.5 Å². The Hall–Kier alpha value is -0.950. The van der Waals surface area contributed by atoms with E-state index in [1.165, 1.54) is 23.3 Å². The van der Waals surface area contributed by atoms with Crippen LogP contribution in [0.4, 0.5) is 5.82 Å². The summed E-state index contributed by atoms with van der Waals surface area (Å²) >= 11 is 3.01. The molecule has 1 aliphatic rings. The summed E-state index contributed by atoms with van der Waals surface area (Å²) in [6.45, 7) is 4.05. The molecule has 0 saturated carbocycles. The van der Waals surface area contributed by atoms with E-state index in [0.717, 1.165) is 16.0 Å². The van der Waals surface area contributed by atoms with Gasteiger partial charge in [-0.2, -0.15) is 4.98 Å². The first-order valence-electron chi connectivity index (χ1n) is 4.51. The van der Waals surface area contributed by atoms with Gasteiger partial charge in [-0.25, -0.2) is 4.99 Å². The topological polar surface area (TPSA) is 58.5 Å². The Kier molecular flexibility index (Phi) is 3.01. The standard InChI is InChI=1S/C8H12N4OS2/c1-4(2)9-7-10-5-6(15-12-7)14-8(11-5)13-3/h4H,1-3H3,(H2,9,10,12). The van der Waals surface area contributed by atoms with Gasteiger partial charge in [0.2, 0.25) is 5.96 Å². The Bertz CT molecular complexity index is 388. The second-order valence-electron chi connectivity index (χ2n) is 3.22. The minimum absolute atomic E-state index is 0.252. The van der Waals surface area contributed by atoms with Crippen LogP contribution in [0.15, 0.2) is 9.20 Å². The summed E-state index contributed by atoms with van der Waals surface area (Å²) in [4.78, 5) is 8.64. The molecule has 0 aromatic carbocycles. The number of thiazole rings is 1. The van der Waals surface area contributed by atoms with Crippen LogP contribution in [0.1, 0.15) is 13.8 Å². The zero-order chi connectivity index (χ0) is 10.8. The third-order valence-electron chi connectivity index (χ3n) is 1.62. The highest BCUT2D eigenvalue weighted by Crippen LogP contribution is 2.37. The predicted octanol–water partition coefficient (Wildman–Crippen LogP) is 1.94. The summed E-state index contributed by atoms with van der Waals surface area (Å²) in [6, 6.07) is 0.252. The maximum Gasteiger partial charge on any atom is 0.276 e. The van der Waals surface area contributed by atoms with E-state index in [4.69, 9.17) is 4.74 Å². The molecule has 0 fully saturated rings. The summed E-state index contributed by atoms with van der Waals surface area (Å²) in [5.41, 5.74) is 0. The van der Waals surface area contributed by atoms with Crippen molar-refractivity contribution in [1.82, 2.24) is 9.71 Å². The molecule has 2 N–H and O–H groups in total. The molecule has 2 rings (SSSR count). The van der Waals surface area contributed by atoms with Crippen molar-refractivity contribution < 1.29 is 4.74 Å². The maximum absolute atomic E-state index is 5.07. The van der Waals surface area contributed by atoms with Crippen LogP contribution in [0.2, 0.25) is 0 Å². The third kappa shape index (κ3) is 2.35. The molecular weight excluding hydrogens is 232 g/mol. The number of hydrogen-bond acceptors (Lipinski definition) is 5. The summed E-state index contributed by atoms with van der Waals surface area (Å²) < 4.78 is 9.25. The lowest BCUT2D eigenvalue weighted by Gasteiger charge is -2.16. The zero-order valence-electron chi connectivity index (χ0n) is 8.70. The van der Waals surface area contributed by atoms with E-state index in [1.54, 1.807) is 7.11 Å². The van der Waals surface area contributed by atoms with Gasteiger partial charge < -0.3 is 10.1 Å². The average Bonchev–Trinajstić information content (AvgIpc) is 2.58. The summed E-state index contributed by atoms with van der Waals surface area (Å²) in [5.74, 6) is 1.57. The molecule has 0 spiro atoms.